The van der Waals surface area contributed by atoms with E-state index in [4.69, 9.17) is 0 Å². The molecule has 0 atom stereocenters. The first-order valence-corrected chi connectivity index (χ1v) is 4.98. The second kappa shape index (κ2) is 4.60. The highest BCUT2D eigenvalue weighted by Crippen LogP contribution is 2.20. The summed E-state index contributed by atoms with van der Waals surface area (Å²) in [7, 11) is 1.82. The number of nitrogens with zero attached hydrogens (tertiary/aromatic N) is 4. The van der Waals surface area contributed by atoms with Crippen molar-refractivity contribution in [3.05, 3.63) is 46.4 Å². The molecule has 0 amide bonds. The molecule has 2 aromatic rings. The van der Waals surface area contributed by atoms with Crippen LogP contribution in [0.2, 0.25) is 0 Å². The molecule has 2 aromatic heterocycles. The summed E-state index contributed by atoms with van der Waals surface area (Å²) < 4.78 is 1.68. The molecule has 0 aliphatic heterocycles. The van der Waals surface area contributed by atoms with Crippen molar-refractivity contribution in [3.8, 4) is 0 Å². The molecule has 0 unspecified atom stereocenters. The third-order valence-electron chi connectivity index (χ3n) is 2.19. The zero-order valence-corrected chi connectivity index (χ0v) is 9.20. The van der Waals surface area contributed by atoms with Crippen LogP contribution >= 0.6 is 0 Å². The molecule has 2 heterocycles. The molecule has 0 aromatic carbocycles. The molecule has 2 rings (SSSR count). The number of aryl methyl sites for hydroxylation is 1. The number of hydrogen-bond acceptors (Lipinski definition) is 5. The minimum atomic E-state index is -0.513. The molecule has 0 bridgehead atoms. The highest BCUT2D eigenvalue weighted by molar-refractivity contribution is 5.56. The Morgan fingerprint density at radius 2 is 2.35 bits per heavy atom. The molecule has 0 fully saturated rings. The van der Waals surface area contributed by atoms with Gasteiger partial charge in [-0.1, -0.05) is 0 Å². The molecule has 0 spiro atoms. The molecule has 0 saturated heterocycles. The fraction of sp³-hybridized carbons (Fsp3) is 0.200. The van der Waals surface area contributed by atoms with Crippen LogP contribution in [0.3, 0.4) is 0 Å². The first-order valence-electron chi connectivity index (χ1n) is 4.98. The predicted molar refractivity (Wildman–Crippen MR) is 61.4 cm³/mol. The van der Waals surface area contributed by atoms with Gasteiger partial charge in [-0.2, -0.15) is 5.10 Å². The molecule has 17 heavy (non-hydrogen) atoms. The van der Waals surface area contributed by atoms with Gasteiger partial charge in [0.15, 0.2) is 0 Å². The fourth-order valence-corrected chi connectivity index (χ4v) is 1.42. The van der Waals surface area contributed by atoms with Crippen molar-refractivity contribution < 1.29 is 4.92 Å². The molecule has 1 N–H and O–H groups in total. The third kappa shape index (κ3) is 2.57. The van der Waals surface area contributed by atoms with Crippen LogP contribution in [0.5, 0.6) is 0 Å². The van der Waals surface area contributed by atoms with Crippen LogP contribution in [-0.4, -0.2) is 19.7 Å². The van der Waals surface area contributed by atoms with E-state index in [1.54, 1.807) is 16.8 Å². The van der Waals surface area contributed by atoms with Crippen LogP contribution in [0.15, 0.2) is 30.6 Å². The van der Waals surface area contributed by atoms with Gasteiger partial charge in [0.1, 0.15) is 11.9 Å². The summed E-state index contributed by atoms with van der Waals surface area (Å²) in [5.74, 6) is -0.177. The molecular weight excluding hydrogens is 222 g/mol. The monoisotopic (exact) mass is 233 g/mol. The van der Waals surface area contributed by atoms with Gasteiger partial charge in [-0.3, -0.25) is 4.68 Å². The van der Waals surface area contributed by atoms with Crippen LogP contribution in [-0.2, 0) is 13.6 Å². The Kier molecular flexibility index (Phi) is 2.99. The average molecular weight is 233 g/mol. The highest BCUT2D eigenvalue weighted by atomic mass is 16.6. The zero-order valence-electron chi connectivity index (χ0n) is 9.20. The lowest BCUT2D eigenvalue weighted by Gasteiger charge is -2.03. The molecule has 88 valence electrons. The van der Waals surface area contributed by atoms with E-state index in [1.807, 2.05) is 19.3 Å². The van der Waals surface area contributed by atoms with Gasteiger partial charge in [-0.25, -0.2) is 0 Å². The maximum Gasteiger partial charge on any atom is 0.386 e. The summed E-state index contributed by atoms with van der Waals surface area (Å²) in [6.07, 6.45) is 3.21. The van der Waals surface area contributed by atoms with Crippen molar-refractivity contribution in [1.29, 1.82) is 0 Å². The molecule has 0 radical (unpaired) electrons. The Morgan fingerprint density at radius 1 is 1.53 bits per heavy atom. The largest absolute Gasteiger partial charge is 0.386 e. The third-order valence-corrected chi connectivity index (χ3v) is 2.19. The second-order valence-electron chi connectivity index (χ2n) is 3.47. The summed E-state index contributed by atoms with van der Waals surface area (Å²) in [6, 6.07) is 5.11. The average Bonchev–Trinajstić information content (AvgIpc) is 2.73. The number of pyridine rings is 1. The van der Waals surface area contributed by atoms with Crippen molar-refractivity contribution in [2.45, 2.75) is 6.54 Å². The molecular formula is C10H11N5O2. The first-order chi connectivity index (χ1) is 8.16. The van der Waals surface area contributed by atoms with Crippen LogP contribution in [0.25, 0.3) is 0 Å². The van der Waals surface area contributed by atoms with Gasteiger partial charge >= 0.3 is 5.82 Å². The van der Waals surface area contributed by atoms with Gasteiger partial charge in [0.05, 0.1) is 12.2 Å². The van der Waals surface area contributed by atoms with Crippen molar-refractivity contribution in [2.75, 3.05) is 5.32 Å². The van der Waals surface area contributed by atoms with E-state index < -0.39 is 4.92 Å². The smallest absolute Gasteiger partial charge is 0.372 e. The van der Waals surface area contributed by atoms with Gasteiger partial charge < -0.3 is 15.4 Å². The van der Waals surface area contributed by atoms with Crippen LogP contribution in [0.1, 0.15) is 5.69 Å². The van der Waals surface area contributed by atoms with E-state index in [2.05, 4.69) is 15.4 Å². The number of anilines is 1. The summed E-state index contributed by atoms with van der Waals surface area (Å²) in [5, 5.41) is 17.8. The van der Waals surface area contributed by atoms with E-state index in [1.165, 1.54) is 6.20 Å². The molecule has 0 aliphatic carbocycles. The van der Waals surface area contributed by atoms with Gasteiger partial charge in [0.25, 0.3) is 0 Å². The number of rotatable bonds is 4. The van der Waals surface area contributed by atoms with Gasteiger partial charge in [-0.05, 0) is 28.1 Å². The maximum atomic E-state index is 10.7. The van der Waals surface area contributed by atoms with Crippen LogP contribution in [0.4, 0.5) is 11.5 Å². The number of aromatic nitrogens is 3. The van der Waals surface area contributed by atoms with Gasteiger partial charge in [0.2, 0.25) is 0 Å². The summed E-state index contributed by atoms with van der Waals surface area (Å²) in [6.45, 7) is 0.424. The Hall–Kier alpha value is -2.44. The lowest BCUT2D eigenvalue weighted by atomic mass is 10.3. The van der Waals surface area contributed by atoms with E-state index >= 15 is 0 Å². The topological polar surface area (TPSA) is 85.9 Å². The molecule has 0 aliphatic rings. The highest BCUT2D eigenvalue weighted by Gasteiger charge is 2.13. The standard InChI is InChI=1S/C10H11N5O2/c1-14-6-4-8(13-14)7-12-9-3-2-5-11-10(9)15(16)17/h2-6,12H,7H2,1H3. The lowest BCUT2D eigenvalue weighted by molar-refractivity contribution is -0.388. The number of nitro groups is 1. The van der Waals surface area contributed by atoms with E-state index in [9.17, 15) is 10.1 Å². The van der Waals surface area contributed by atoms with Crippen LogP contribution < -0.4 is 5.32 Å². The minimum absolute atomic E-state index is 0.177. The van der Waals surface area contributed by atoms with Crippen molar-refractivity contribution in [1.82, 2.24) is 14.8 Å². The molecule has 7 nitrogen and oxygen atoms in total. The Labute approximate surface area is 97.2 Å². The number of nitrogens with one attached hydrogen (secondary N) is 1. The summed E-state index contributed by atoms with van der Waals surface area (Å²) >= 11 is 0. The number of hydrogen-bond donors (Lipinski definition) is 1. The van der Waals surface area contributed by atoms with Crippen molar-refractivity contribution >= 4 is 11.5 Å². The SMILES string of the molecule is Cn1ccc(CNc2cccnc2[N+](=O)[O-])n1. The normalized spacial score (nSPS) is 10.2. The molecule has 7 heteroatoms. The van der Waals surface area contributed by atoms with Crippen molar-refractivity contribution in [3.63, 3.8) is 0 Å². The second-order valence-corrected chi connectivity index (χ2v) is 3.47. The molecule has 0 saturated carbocycles. The minimum Gasteiger partial charge on any atom is -0.372 e. The lowest BCUT2D eigenvalue weighted by Crippen LogP contribution is -2.04. The van der Waals surface area contributed by atoms with Crippen LogP contribution in [0, 0.1) is 10.1 Å². The van der Waals surface area contributed by atoms with Gasteiger partial charge in [0, 0.05) is 13.2 Å². The Bertz CT molecular complexity index is 537. The predicted octanol–water partition coefficient (Wildman–Crippen LogP) is 1.34. The van der Waals surface area contributed by atoms with E-state index in [-0.39, 0.29) is 5.82 Å². The fourth-order valence-electron chi connectivity index (χ4n) is 1.42. The Balaban J connectivity index is 2.11. The maximum absolute atomic E-state index is 10.7. The quantitative estimate of drug-likeness (QED) is 0.636. The first kappa shape index (κ1) is 11.1. The summed E-state index contributed by atoms with van der Waals surface area (Å²) in [4.78, 5) is 13.9. The zero-order chi connectivity index (χ0) is 12.3. The van der Waals surface area contributed by atoms with Gasteiger partial charge in [-0.15, -0.1) is 0 Å². The van der Waals surface area contributed by atoms with E-state index in [0.29, 0.717) is 12.2 Å². The summed E-state index contributed by atoms with van der Waals surface area (Å²) in [5.41, 5.74) is 1.20. The Morgan fingerprint density at radius 3 is 3.00 bits per heavy atom. The van der Waals surface area contributed by atoms with Crippen molar-refractivity contribution in [2.24, 2.45) is 7.05 Å². The van der Waals surface area contributed by atoms with E-state index in [0.717, 1.165) is 5.69 Å².